The molecule has 0 radical (unpaired) electrons. The van der Waals surface area contributed by atoms with Gasteiger partial charge in [-0.25, -0.2) is 0 Å². The predicted molar refractivity (Wildman–Crippen MR) is 80.1 cm³/mol. The van der Waals surface area contributed by atoms with Crippen LogP contribution in [-0.4, -0.2) is 30.1 Å². The van der Waals surface area contributed by atoms with Crippen LogP contribution >= 0.6 is 15.9 Å². The maximum atomic E-state index is 9.21. The van der Waals surface area contributed by atoms with Gasteiger partial charge in [-0.15, -0.1) is 0 Å². The van der Waals surface area contributed by atoms with Gasteiger partial charge < -0.3 is 10.2 Å². The first kappa shape index (κ1) is 13.0. The highest BCUT2D eigenvalue weighted by Crippen LogP contribution is 2.35. The molecule has 0 aliphatic carbocycles. The van der Waals surface area contributed by atoms with Gasteiger partial charge in [0.2, 0.25) is 0 Å². The Hall–Kier alpha value is -1.05. The molecule has 1 N–H and O–H groups in total. The highest BCUT2D eigenvalue weighted by atomic mass is 79.9. The third-order valence-corrected chi connectivity index (χ3v) is 5.05. The number of hydrogen-bond acceptors (Lipinski definition) is 3. The van der Waals surface area contributed by atoms with E-state index in [0.29, 0.717) is 6.04 Å². The number of halogens is 1. The second-order valence-corrected chi connectivity index (χ2v) is 6.58. The average molecular weight is 320 g/mol. The zero-order valence-electron chi connectivity index (χ0n) is 11.1. The van der Waals surface area contributed by atoms with Crippen LogP contribution in [0.4, 0.5) is 5.69 Å². The number of nitriles is 1. The molecule has 100 valence electrons. The maximum Gasteiger partial charge on any atom is 0.101 e. The van der Waals surface area contributed by atoms with E-state index in [2.05, 4.69) is 39.3 Å². The number of nitrogens with zero attached hydrogens (tertiary/aromatic N) is 2. The van der Waals surface area contributed by atoms with Gasteiger partial charge in [-0.05, 0) is 50.9 Å². The molecule has 2 saturated heterocycles. The largest absolute Gasteiger partial charge is 0.381 e. The van der Waals surface area contributed by atoms with E-state index >= 15 is 0 Å². The lowest BCUT2D eigenvalue weighted by atomic mass is 9.97. The lowest BCUT2D eigenvalue weighted by Crippen LogP contribution is -2.44. The third kappa shape index (κ3) is 2.50. The van der Waals surface area contributed by atoms with E-state index in [0.717, 1.165) is 27.8 Å². The number of benzene rings is 1. The Balaban J connectivity index is 1.75. The van der Waals surface area contributed by atoms with Crippen molar-refractivity contribution in [3.8, 4) is 6.07 Å². The van der Waals surface area contributed by atoms with Crippen LogP contribution in [0.5, 0.6) is 0 Å². The average Bonchev–Trinajstić information content (AvgIpc) is 2.64. The van der Waals surface area contributed by atoms with Crippen LogP contribution in [0.25, 0.3) is 0 Å². The fourth-order valence-corrected chi connectivity index (χ4v) is 3.85. The smallest absolute Gasteiger partial charge is 0.101 e. The summed E-state index contributed by atoms with van der Waals surface area (Å²) in [6.07, 6.45) is 5.03. The molecule has 2 unspecified atom stereocenters. The Morgan fingerprint density at radius 2 is 2.00 bits per heavy atom. The Morgan fingerprint density at radius 3 is 2.63 bits per heavy atom. The minimum Gasteiger partial charge on any atom is -0.381 e. The van der Waals surface area contributed by atoms with Gasteiger partial charge in [-0.1, -0.05) is 15.9 Å². The maximum absolute atomic E-state index is 9.21. The molecule has 1 aromatic carbocycles. The monoisotopic (exact) mass is 319 g/mol. The molecule has 4 heteroatoms. The minimum absolute atomic E-state index is 0.502. The van der Waals surface area contributed by atoms with E-state index in [-0.39, 0.29) is 0 Å². The van der Waals surface area contributed by atoms with Gasteiger partial charge in [0.05, 0.1) is 11.3 Å². The van der Waals surface area contributed by atoms with E-state index in [1.165, 1.54) is 25.7 Å². The fraction of sp³-hybridized carbons (Fsp3) is 0.533. The number of nitrogens with one attached hydrogen (secondary N) is 1. The van der Waals surface area contributed by atoms with Crippen molar-refractivity contribution in [2.75, 3.05) is 12.4 Å². The highest BCUT2D eigenvalue weighted by Gasteiger charge is 2.38. The Labute approximate surface area is 122 Å². The molecule has 3 rings (SSSR count). The first-order valence-corrected chi connectivity index (χ1v) is 7.65. The fourth-order valence-electron chi connectivity index (χ4n) is 3.48. The quantitative estimate of drug-likeness (QED) is 0.908. The molecular formula is C15H18BrN3. The van der Waals surface area contributed by atoms with Crippen molar-refractivity contribution in [2.45, 2.75) is 43.8 Å². The summed E-state index contributed by atoms with van der Waals surface area (Å²) in [5.41, 5.74) is 1.69. The summed E-state index contributed by atoms with van der Waals surface area (Å²) in [5.74, 6) is 0. The molecular weight excluding hydrogens is 302 g/mol. The number of hydrogen-bond donors (Lipinski definition) is 1. The summed E-state index contributed by atoms with van der Waals surface area (Å²) in [5, 5.41) is 12.8. The topological polar surface area (TPSA) is 39.1 Å². The van der Waals surface area contributed by atoms with Gasteiger partial charge in [-0.2, -0.15) is 5.26 Å². The number of rotatable bonds is 2. The van der Waals surface area contributed by atoms with Crippen LogP contribution in [0.1, 0.15) is 31.2 Å². The number of fused-ring (bicyclic) bond motifs is 2. The van der Waals surface area contributed by atoms with Crippen LogP contribution < -0.4 is 5.32 Å². The lowest BCUT2D eigenvalue weighted by Gasteiger charge is -2.37. The van der Waals surface area contributed by atoms with Crippen LogP contribution in [0.2, 0.25) is 0 Å². The van der Waals surface area contributed by atoms with E-state index < -0.39 is 0 Å². The lowest BCUT2D eigenvalue weighted by molar-refractivity contribution is 0.169. The van der Waals surface area contributed by atoms with Crippen LogP contribution in [-0.2, 0) is 0 Å². The summed E-state index contributed by atoms with van der Waals surface area (Å²) in [6, 6.07) is 10.1. The van der Waals surface area contributed by atoms with E-state index in [1.807, 2.05) is 18.2 Å². The Bertz CT molecular complexity index is 509. The minimum atomic E-state index is 0.502. The SMILES string of the molecule is CN1C2CCC1CC(Nc1ccc(Br)cc1C#N)C2. The van der Waals surface area contributed by atoms with Crippen molar-refractivity contribution in [3.05, 3.63) is 28.2 Å². The van der Waals surface area contributed by atoms with Crippen molar-refractivity contribution in [2.24, 2.45) is 0 Å². The molecule has 2 atom stereocenters. The summed E-state index contributed by atoms with van der Waals surface area (Å²) >= 11 is 3.41. The molecule has 2 aliphatic rings. The van der Waals surface area contributed by atoms with Gasteiger partial charge in [0.25, 0.3) is 0 Å². The first-order chi connectivity index (χ1) is 9.17. The van der Waals surface area contributed by atoms with E-state index in [9.17, 15) is 5.26 Å². The van der Waals surface area contributed by atoms with Crippen molar-refractivity contribution in [1.29, 1.82) is 5.26 Å². The van der Waals surface area contributed by atoms with Crippen molar-refractivity contribution >= 4 is 21.6 Å². The molecule has 3 nitrogen and oxygen atoms in total. The second kappa shape index (κ2) is 5.15. The highest BCUT2D eigenvalue weighted by molar-refractivity contribution is 9.10. The summed E-state index contributed by atoms with van der Waals surface area (Å²) in [6.45, 7) is 0. The predicted octanol–water partition coefficient (Wildman–Crippen LogP) is 3.36. The molecule has 0 spiro atoms. The van der Waals surface area contributed by atoms with Crippen molar-refractivity contribution in [1.82, 2.24) is 4.90 Å². The molecule has 2 fully saturated rings. The normalized spacial score (nSPS) is 30.1. The third-order valence-electron chi connectivity index (χ3n) is 4.56. The van der Waals surface area contributed by atoms with Gasteiger partial charge in [0.15, 0.2) is 0 Å². The number of anilines is 1. The van der Waals surface area contributed by atoms with Crippen molar-refractivity contribution < 1.29 is 0 Å². The van der Waals surface area contributed by atoms with Crippen LogP contribution in [0, 0.1) is 11.3 Å². The zero-order chi connectivity index (χ0) is 13.4. The summed E-state index contributed by atoms with van der Waals surface area (Å²) in [4.78, 5) is 2.53. The molecule has 0 aromatic heterocycles. The first-order valence-electron chi connectivity index (χ1n) is 6.85. The molecule has 2 aliphatic heterocycles. The van der Waals surface area contributed by atoms with Gasteiger partial charge >= 0.3 is 0 Å². The van der Waals surface area contributed by atoms with E-state index in [4.69, 9.17) is 0 Å². The molecule has 0 amide bonds. The Morgan fingerprint density at radius 1 is 1.32 bits per heavy atom. The number of piperidine rings is 1. The van der Waals surface area contributed by atoms with E-state index in [1.54, 1.807) is 0 Å². The van der Waals surface area contributed by atoms with Gasteiger partial charge in [-0.3, -0.25) is 0 Å². The molecule has 0 saturated carbocycles. The van der Waals surface area contributed by atoms with Crippen LogP contribution in [0.15, 0.2) is 22.7 Å². The Kier molecular flexibility index (Phi) is 3.51. The van der Waals surface area contributed by atoms with Gasteiger partial charge in [0.1, 0.15) is 6.07 Å². The summed E-state index contributed by atoms with van der Waals surface area (Å²) in [7, 11) is 2.25. The summed E-state index contributed by atoms with van der Waals surface area (Å²) < 4.78 is 0.957. The zero-order valence-corrected chi connectivity index (χ0v) is 12.7. The molecule has 19 heavy (non-hydrogen) atoms. The molecule has 1 aromatic rings. The molecule has 2 bridgehead atoms. The van der Waals surface area contributed by atoms with Gasteiger partial charge in [0, 0.05) is 22.6 Å². The second-order valence-electron chi connectivity index (χ2n) is 5.66. The van der Waals surface area contributed by atoms with Crippen molar-refractivity contribution in [3.63, 3.8) is 0 Å². The standard InChI is InChI=1S/C15H18BrN3/c1-19-13-3-4-14(19)8-12(7-13)18-15-5-2-11(16)6-10(15)9-17/h2,5-6,12-14,18H,3-4,7-8H2,1H3. The molecule has 2 heterocycles. The van der Waals surface area contributed by atoms with Crippen LogP contribution in [0.3, 0.4) is 0 Å².